The molecule has 1 aromatic heterocycles. The van der Waals surface area contributed by atoms with E-state index in [0.29, 0.717) is 0 Å². The Bertz CT molecular complexity index is 389. The number of anilines is 1. The minimum absolute atomic E-state index is 0.739. The predicted molar refractivity (Wildman–Crippen MR) is 45.1 cm³/mol. The molecule has 0 amide bonds. The average molecular weight is 147 g/mol. The molecule has 56 valence electrons. The molecule has 2 aromatic rings. The zero-order chi connectivity index (χ0) is 7.84. The first kappa shape index (κ1) is 6.22. The lowest BCUT2D eigenvalue weighted by Gasteiger charge is -1.90. The van der Waals surface area contributed by atoms with E-state index in [1.54, 1.807) is 4.68 Å². The number of hydrogen-bond acceptors (Lipinski definition) is 2. The van der Waals surface area contributed by atoms with Crippen molar-refractivity contribution in [3.63, 3.8) is 0 Å². The molecule has 0 fully saturated rings. The first-order valence-corrected chi connectivity index (χ1v) is 3.45. The fourth-order valence-electron chi connectivity index (χ4n) is 1.19. The lowest BCUT2D eigenvalue weighted by molar-refractivity contribution is 0.780. The topological polar surface area (TPSA) is 43.8 Å². The Hall–Kier alpha value is -1.51. The van der Waals surface area contributed by atoms with E-state index in [1.807, 2.05) is 31.4 Å². The molecule has 2 N–H and O–H groups in total. The highest BCUT2D eigenvalue weighted by atomic mass is 15.2. The van der Waals surface area contributed by atoms with Crippen LogP contribution in [0.15, 0.2) is 24.4 Å². The van der Waals surface area contributed by atoms with Gasteiger partial charge in [0.25, 0.3) is 0 Å². The van der Waals surface area contributed by atoms with Crippen LogP contribution in [0.25, 0.3) is 10.9 Å². The number of nitrogen functional groups attached to an aromatic ring is 1. The Balaban J connectivity index is 2.90. The van der Waals surface area contributed by atoms with Crippen LogP contribution in [0.2, 0.25) is 0 Å². The smallest absolute Gasteiger partial charge is 0.115 e. The number of aryl methyl sites for hydroxylation is 1. The molecule has 0 radical (unpaired) electrons. The number of aromatic nitrogens is 2. The normalized spacial score (nSPS) is 10.6. The van der Waals surface area contributed by atoms with Gasteiger partial charge in [-0.15, -0.1) is 0 Å². The molecule has 1 heterocycles. The molecule has 0 saturated heterocycles. The number of benzene rings is 1. The standard InChI is InChI=1S/C8H9N3/c1-11-5-6-3-2-4-7(9)8(6)10-11/h2-5H,9H2,1H3. The summed E-state index contributed by atoms with van der Waals surface area (Å²) >= 11 is 0. The summed E-state index contributed by atoms with van der Waals surface area (Å²) in [6, 6.07) is 5.79. The van der Waals surface area contributed by atoms with Gasteiger partial charge in [-0.2, -0.15) is 5.10 Å². The average Bonchev–Trinajstić information content (AvgIpc) is 2.31. The fourth-order valence-corrected chi connectivity index (χ4v) is 1.19. The van der Waals surface area contributed by atoms with Gasteiger partial charge in [0.05, 0.1) is 5.69 Å². The summed E-state index contributed by atoms with van der Waals surface area (Å²) in [6.07, 6.45) is 1.95. The van der Waals surface area contributed by atoms with Gasteiger partial charge in [-0.05, 0) is 6.07 Å². The largest absolute Gasteiger partial charge is 0.397 e. The van der Waals surface area contributed by atoms with Gasteiger partial charge in [0, 0.05) is 18.6 Å². The first-order chi connectivity index (χ1) is 5.27. The van der Waals surface area contributed by atoms with Crippen LogP contribution in [0.3, 0.4) is 0 Å². The molecular formula is C8H9N3. The molecule has 0 aliphatic carbocycles. The maximum Gasteiger partial charge on any atom is 0.115 e. The van der Waals surface area contributed by atoms with E-state index < -0.39 is 0 Å². The van der Waals surface area contributed by atoms with Crippen molar-refractivity contribution < 1.29 is 0 Å². The van der Waals surface area contributed by atoms with Gasteiger partial charge in [0.15, 0.2) is 0 Å². The molecule has 0 unspecified atom stereocenters. The highest BCUT2D eigenvalue weighted by Crippen LogP contribution is 2.17. The second-order valence-electron chi connectivity index (χ2n) is 2.59. The van der Waals surface area contributed by atoms with E-state index in [1.165, 1.54) is 0 Å². The molecule has 0 saturated carbocycles. The van der Waals surface area contributed by atoms with Crippen molar-refractivity contribution in [2.75, 3.05) is 5.73 Å². The van der Waals surface area contributed by atoms with Crippen molar-refractivity contribution in [2.24, 2.45) is 7.05 Å². The molecule has 0 spiro atoms. The maximum atomic E-state index is 5.69. The van der Waals surface area contributed by atoms with Crippen LogP contribution < -0.4 is 5.73 Å². The quantitative estimate of drug-likeness (QED) is 0.568. The van der Waals surface area contributed by atoms with Gasteiger partial charge < -0.3 is 5.73 Å². The van der Waals surface area contributed by atoms with Crippen molar-refractivity contribution in [3.8, 4) is 0 Å². The summed E-state index contributed by atoms with van der Waals surface area (Å²) in [4.78, 5) is 0. The molecule has 1 aromatic carbocycles. The summed E-state index contributed by atoms with van der Waals surface area (Å²) < 4.78 is 1.76. The lowest BCUT2D eigenvalue weighted by atomic mass is 10.2. The first-order valence-electron chi connectivity index (χ1n) is 3.45. The molecule has 0 aliphatic heterocycles. The zero-order valence-electron chi connectivity index (χ0n) is 6.28. The minimum atomic E-state index is 0.739. The van der Waals surface area contributed by atoms with Crippen molar-refractivity contribution >= 4 is 16.6 Å². The van der Waals surface area contributed by atoms with Gasteiger partial charge in [-0.25, -0.2) is 0 Å². The summed E-state index contributed by atoms with van der Waals surface area (Å²) in [5.74, 6) is 0. The third-order valence-corrected chi connectivity index (χ3v) is 1.68. The van der Waals surface area contributed by atoms with E-state index in [2.05, 4.69) is 5.10 Å². The monoisotopic (exact) mass is 147 g/mol. The minimum Gasteiger partial charge on any atom is -0.397 e. The van der Waals surface area contributed by atoms with Crippen LogP contribution >= 0.6 is 0 Å². The molecule has 0 atom stereocenters. The molecule has 3 heteroatoms. The highest BCUT2D eigenvalue weighted by molar-refractivity contribution is 5.88. The number of hydrogen-bond donors (Lipinski definition) is 1. The number of nitrogens with zero attached hydrogens (tertiary/aromatic N) is 2. The van der Waals surface area contributed by atoms with Crippen molar-refractivity contribution in [1.82, 2.24) is 9.78 Å². The van der Waals surface area contributed by atoms with Crippen molar-refractivity contribution in [3.05, 3.63) is 24.4 Å². The summed E-state index contributed by atoms with van der Waals surface area (Å²) in [6.45, 7) is 0. The van der Waals surface area contributed by atoms with E-state index >= 15 is 0 Å². The van der Waals surface area contributed by atoms with Crippen molar-refractivity contribution in [1.29, 1.82) is 0 Å². The SMILES string of the molecule is Cn1cc2cccc(N)c2n1. The second-order valence-corrected chi connectivity index (χ2v) is 2.59. The Morgan fingerprint density at radius 3 is 3.00 bits per heavy atom. The van der Waals surface area contributed by atoms with Crippen LogP contribution in [0, 0.1) is 0 Å². The predicted octanol–water partition coefficient (Wildman–Crippen LogP) is 1.16. The van der Waals surface area contributed by atoms with Crippen LogP contribution in [-0.2, 0) is 7.05 Å². The molecular weight excluding hydrogens is 138 g/mol. The lowest BCUT2D eigenvalue weighted by Crippen LogP contribution is -1.88. The molecule has 11 heavy (non-hydrogen) atoms. The Morgan fingerprint density at radius 1 is 1.45 bits per heavy atom. The number of rotatable bonds is 0. The molecule has 2 rings (SSSR count). The Labute approximate surface area is 64.4 Å². The van der Waals surface area contributed by atoms with Gasteiger partial charge in [0.1, 0.15) is 5.52 Å². The van der Waals surface area contributed by atoms with Crippen LogP contribution in [0.1, 0.15) is 0 Å². The van der Waals surface area contributed by atoms with E-state index in [0.717, 1.165) is 16.6 Å². The number of nitrogens with two attached hydrogens (primary N) is 1. The van der Waals surface area contributed by atoms with Crippen molar-refractivity contribution in [2.45, 2.75) is 0 Å². The van der Waals surface area contributed by atoms with Crippen LogP contribution in [0.5, 0.6) is 0 Å². The highest BCUT2D eigenvalue weighted by Gasteiger charge is 1.99. The summed E-state index contributed by atoms with van der Waals surface area (Å²) in [7, 11) is 1.89. The Morgan fingerprint density at radius 2 is 2.27 bits per heavy atom. The third kappa shape index (κ3) is 0.852. The van der Waals surface area contributed by atoms with E-state index in [-0.39, 0.29) is 0 Å². The van der Waals surface area contributed by atoms with Gasteiger partial charge >= 0.3 is 0 Å². The van der Waals surface area contributed by atoms with Gasteiger partial charge in [-0.3, -0.25) is 4.68 Å². The molecule has 3 nitrogen and oxygen atoms in total. The van der Waals surface area contributed by atoms with Crippen LogP contribution in [0.4, 0.5) is 5.69 Å². The van der Waals surface area contributed by atoms with E-state index in [4.69, 9.17) is 5.73 Å². The van der Waals surface area contributed by atoms with Gasteiger partial charge in [0.2, 0.25) is 0 Å². The zero-order valence-corrected chi connectivity index (χ0v) is 6.28. The molecule has 0 bridgehead atoms. The fraction of sp³-hybridized carbons (Fsp3) is 0.125. The van der Waals surface area contributed by atoms with E-state index in [9.17, 15) is 0 Å². The van der Waals surface area contributed by atoms with Gasteiger partial charge in [-0.1, -0.05) is 12.1 Å². The third-order valence-electron chi connectivity index (χ3n) is 1.68. The molecule has 0 aliphatic rings. The second kappa shape index (κ2) is 1.99. The number of fused-ring (bicyclic) bond motifs is 1. The van der Waals surface area contributed by atoms with Crippen LogP contribution in [-0.4, -0.2) is 9.78 Å². The summed E-state index contributed by atoms with van der Waals surface area (Å²) in [5, 5.41) is 5.29. The Kier molecular flexibility index (Phi) is 1.12. The summed E-state index contributed by atoms with van der Waals surface area (Å²) in [5.41, 5.74) is 7.32. The maximum absolute atomic E-state index is 5.69.